The fourth-order valence-electron chi connectivity index (χ4n) is 2.03. The standard InChI is InChI=1S/C13H14N2O2S2/c16-12(17)6-15(11-1-2-11)5-10-8-19-13(14-10)9-3-4-18-7-9/h3-4,7-8,11H,1-2,5-6H2,(H,16,17). The lowest BCUT2D eigenvalue weighted by Crippen LogP contribution is -2.31. The van der Waals surface area contributed by atoms with Crippen LogP contribution in [0.1, 0.15) is 18.5 Å². The first kappa shape index (κ1) is 12.8. The summed E-state index contributed by atoms with van der Waals surface area (Å²) in [7, 11) is 0. The number of thiazole rings is 1. The van der Waals surface area contributed by atoms with E-state index in [2.05, 4.69) is 16.4 Å². The van der Waals surface area contributed by atoms with Crippen LogP contribution in [0.4, 0.5) is 0 Å². The van der Waals surface area contributed by atoms with E-state index in [1.807, 2.05) is 15.7 Å². The Morgan fingerprint density at radius 3 is 2.95 bits per heavy atom. The number of nitrogens with zero attached hydrogens (tertiary/aromatic N) is 2. The van der Waals surface area contributed by atoms with Crippen molar-refractivity contribution in [2.75, 3.05) is 6.54 Å². The molecule has 4 nitrogen and oxygen atoms in total. The van der Waals surface area contributed by atoms with Crippen molar-refractivity contribution in [2.24, 2.45) is 0 Å². The molecule has 1 fully saturated rings. The zero-order valence-corrected chi connectivity index (χ0v) is 11.9. The number of thiophene rings is 1. The van der Waals surface area contributed by atoms with Crippen LogP contribution in [-0.4, -0.2) is 33.5 Å². The van der Waals surface area contributed by atoms with Crippen LogP contribution in [0.5, 0.6) is 0 Å². The van der Waals surface area contributed by atoms with E-state index in [9.17, 15) is 4.79 Å². The fourth-order valence-corrected chi connectivity index (χ4v) is 3.56. The molecule has 0 aliphatic heterocycles. The minimum Gasteiger partial charge on any atom is -0.480 e. The van der Waals surface area contributed by atoms with Gasteiger partial charge in [-0.2, -0.15) is 11.3 Å². The summed E-state index contributed by atoms with van der Waals surface area (Å²) in [6, 6.07) is 2.49. The maximum atomic E-state index is 10.9. The Balaban J connectivity index is 1.70. The highest BCUT2D eigenvalue weighted by molar-refractivity contribution is 7.14. The first-order chi connectivity index (χ1) is 9.22. The Kier molecular flexibility index (Phi) is 3.63. The summed E-state index contributed by atoms with van der Waals surface area (Å²) in [5.74, 6) is -0.764. The van der Waals surface area contributed by atoms with E-state index in [0.29, 0.717) is 12.6 Å². The molecule has 19 heavy (non-hydrogen) atoms. The van der Waals surface area contributed by atoms with Gasteiger partial charge in [0.2, 0.25) is 0 Å². The SMILES string of the molecule is O=C(O)CN(Cc1csc(-c2ccsc2)n1)C1CC1. The van der Waals surface area contributed by atoms with Gasteiger partial charge in [-0.3, -0.25) is 9.69 Å². The highest BCUT2D eigenvalue weighted by Crippen LogP contribution is 2.30. The molecule has 0 atom stereocenters. The molecule has 0 bridgehead atoms. The summed E-state index contributed by atoms with van der Waals surface area (Å²) in [6.45, 7) is 0.744. The summed E-state index contributed by atoms with van der Waals surface area (Å²) in [6.07, 6.45) is 2.21. The monoisotopic (exact) mass is 294 g/mol. The highest BCUT2D eigenvalue weighted by atomic mass is 32.1. The van der Waals surface area contributed by atoms with Gasteiger partial charge in [0, 0.05) is 28.9 Å². The van der Waals surface area contributed by atoms with E-state index in [1.54, 1.807) is 22.7 Å². The molecule has 1 aliphatic carbocycles. The van der Waals surface area contributed by atoms with Crippen molar-refractivity contribution in [3.63, 3.8) is 0 Å². The number of hydrogen-bond acceptors (Lipinski definition) is 5. The molecule has 0 amide bonds. The molecule has 0 aromatic carbocycles. The molecule has 3 rings (SSSR count). The number of aliphatic carboxylic acids is 1. The van der Waals surface area contributed by atoms with Crippen molar-refractivity contribution in [3.8, 4) is 10.6 Å². The van der Waals surface area contributed by atoms with E-state index in [1.165, 1.54) is 0 Å². The van der Waals surface area contributed by atoms with Gasteiger partial charge in [0.05, 0.1) is 12.2 Å². The molecule has 0 unspecified atom stereocenters. The number of hydrogen-bond donors (Lipinski definition) is 1. The van der Waals surface area contributed by atoms with Crippen LogP contribution >= 0.6 is 22.7 Å². The lowest BCUT2D eigenvalue weighted by Gasteiger charge is -2.17. The third kappa shape index (κ3) is 3.20. The average molecular weight is 294 g/mol. The molecule has 6 heteroatoms. The largest absolute Gasteiger partial charge is 0.480 e. The van der Waals surface area contributed by atoms with E-state index in [4.69, 9.17) is 5.11 Å². The van der Waals surface area contributed by atoms with Crippen molar-refractivity contribution >= 4 is 28.6 Å². The van der Waals surface area contributed by atoms with Crippen molar-refractivity contribution in [2.45, 2.75) is 25.4 Å². The Morgan fingerprint density at radius 1 is 1.47 bits per heavy atom. The molecule has 2 aromatic heterocycles. The van der Waals surface area contributed by atoms with Gasteiger partial charge in [0.25, 0.3) is 0 Å². The van der Waals surface area contributed by atoms with E-state index >= 15 is 0 Å². The second-order valence-corrected chi connectivity index (χ2v) is 6.32. The molecule has 0 radical (unpaired) electrons. The lowest BCUT2D eigenvalue weighted by molar-refractivity contribution is -0.138. The van der Waals surface area contributed by atoms with Crippen LogP contribution < -0.4 is 0 Å². The van der Waals surface area contributed by atoms with Crippen molar-refractivity contribution in [1.82, 2.24) is 9.88 Å². The van der Waals surface area contributed by atoms with Gasteiger partial charge in [0.1, 0.15) is 5.01 Å². The summed E-state index contributed by atoms with van der Waals surface area (Å²) in [4.78, 5) is 17.5. The molecule has 100 valence electrons. The smallest absolute Gasteiger partial charge is 0.317 e. The Labute approximate surface area is 119 Å². The summed E-state index contributed by atoms with van der Waals surface area (Å²) in [5.41, 5.74) is 2.12. The summed E-state index contributed by atoms with van der Waals surface area (Å²) < 4.78 is 0. The van der Waals surface area contributed by atoms with Crippen molar-refractivity contribution in [1.29, 1.82) is 0 Å². The van der Waals surface area contributed by atoms with Crippen LogP contribution in [0, 0.1) is 0 Å². The minimum atomic E-state index is -0.764. The van der Waals surface area contributed by atoms with Crippen molar-refractivity contribution in [3.05, 3.63) is 27.9 Å². The Bertz CT molecular complexity index is 561. The predicted molar refractivity (Wildman–Crippen MR) is 76.5 cm³/mol. The average Bonchev–Trinajstić information content (AvgIpc) is 2.89. The molecule has 2 heterocycles. The van der Waals surface area contributed by atoms with Gasteiger partial charge in [0.15, 0.2) is 0 Å². The quantitative estimate of drug-likeness (QED) is 0.890. The molecular formula is C13H14N2O2S2. The Morgan fingerprint density at radius 2 is 2.32 bits per heavy atom. The number of carboxylic acid groups (broad SMARTS) is 1. The normalized spacial score (nSPS) is 15.0. The van der Waals surface area contributed by atoms with Gasteiger partial charge in [-0.15, -0.1) is 11.3 Å². The maximum absolute atomic E-state index is 10.9. The van der Waals surface area contributed by atoms with E-state index < -0.39 is 5.97 Å². The first-order valence-electron chi connectivity index (χ1n) is 6.15. The molecule has 0 saturated heterocycles. The zero-order valence-electron chi connectivity index (χ0n) is 10.3. The highest BCUT2D eigenvalue weighted by Gasteiger charge is 2.30. The Hall–Kier alpha value is -1.24. The summed E-state index contributed by atoms with van der Waals surface area (Å²) in [5, 5.41) is 16.1. The van der Waals surface area contributed by atoms with Gasteiger partial charge in [-0.05, 0) is 24.3 Å². The maximum Gasteiger partial charge on any atom is 0.317 e. The molecule has 1 aliphatic rings. The third-order valence-corrected chi connectivity index (χ3v) is 4.71. The van der Waals surface area contributed by atoms with Gasteiger partial charge >= 0.3 is 5.97 Å². The number of aromatic nitrogens is 1. The van der Waals surface area contributed by atoms with Crippen LogP contribution in [-0.2, 0) is 11.3 Å². The first-order valence-corrected chi connectivity index (χ1v) is 7.97. The van der Waals surface area contributed by atoms with Crippen LogP contribution in [0.3, 0.4) is 0 Å². The predicted octanol–water partition coefficient (Wildman–Crippen LogP) is 2.92. The second-order valence-electron chi connectivity index (χ2n) is 4.69. The lowest BCUT2D eigenvalue weighted by atomic mass is 10.3. The van der Waals surface area contributed by atoms with Gasteiger partial charge in [-0.25, -0.2) is 4.98 Å². The molecular weight excluding hydrogens is 280 g/mol. The van der Waals surface area contributed by atoms with Gasteiger partial charge in [-0.1, -0.05) is 0 Å². The van der Waals surface area contributed by atoms with Crippen LogP contribution in [0.25, 0.3) is 10.6 Å². The number of rotatable bonds is 6. The van der Waals surface area contributed by atoms with Crippen LogP contribution in [0.15, 0.2) is 22.2 Å². The minimum absolute atomic E-state index is 0.107. The molecule has 1 N–H and O–H groups in total. The second kappa shape index (κ2) is 5.40. The number of carbonyl (C=O) groups is 1. The van der Waals surface area contributed by atoms with Crippen LogP contribution in [0.2, 0.25) is 0 Å². The van der Waals surface area contributed by atoms with Crippen molar-refractivity contribution < 1.29 is 9.90 Å². The molecule has 2 aromatic rings. The molecule has 0 spiro atoms. The molecule has 1 saturated carbocycles. The topological polar surface area (TPSA) is 53.4 Å². The van der Waals surface area contributed by atoms with Gasteiger partial charge < -0.3 is 5.11 Å². The fraction of sp³-hybridized carbons (Fsp3) is 0.385. The zero-order chi connectivity index (χ0) is 13.2. The third-order valence-electron chi connectivity index (χ3n) is 3.09. The van der Waals surface area contributed by atoms with E-state index in [-0.39, 0.29) is 6.54 Å². The summed E-state index contributed by atoms with van der Waals surface area (Å²) >= 11 is 3.28. The van der Waals surface area contributed by atoms with E-state index in [0.717, 1.165) is 29.1 Å². The number of carboxylic acids is 1.